The van der Waals surface area contributed by atoms with Crippen LogP contribution in [0.25, 0.3) is 0 Å². The Hall–Kier alpha value is -2.49. The third-order valence-electron chi connectivity index (χ3n) is 4.21. The van der Waals surface area contributed by atoms with Gasteiger partial charge in [0.1, 0.15) is 5.75 Å². The van der Waals surface area contributed by atoms with Gasteiger partial charge >= 0.3 is 6.03 Å². The summed E-state index contributed by atoms with van der Waals surface area (Å²) in [6.07, 6.45) is 3.08. The van der Waals surface area contributed by atoms with Crippen LogP contribution in [0.15, 0.2) is 54.6 Å². The lowest BCUT2D eigenvalue weighted by Gasteiger charge is -2.43. The summed E-state index contributed by atoms with van der Waals surface area (Å²) in [5.74, 6) is 0.721. The van der Waals surface area contributed by atoms with Gasteiger partial charge in [-0.15, -0.1) is 0 Å². The Balaban J connectivity index is 1.70. The number of carbonyl (C=O) groups excluding carboxylic acids is 1. The summed E-state index contributed by atoms with van der Waals surface area (Å²) >= 11 is 0. The number of benzene rings is 2. The Labute approximate surface area is 130 Å². The highest BCUT2D eigenvalue weighted by atomic mass is 16.5. The van der Waals surface area contributed by atoms with Crippen molar-refractivity contribution in [3.05, 3.63) is 60.2 Å². The van der Waals surface area contributed by atoms with Crippen molar-refractivity contribution in [2.24, 2.45) is 0 Å². The summed E-state index contributed by atoms with van der Waals surface area (Å²) in [6.45, 7) is 0. The molecule has 0 unspecified atom stereocenters. The van der Waals surface area contributed by atoms with Crippen LogP contribution in [0.3, 0.4) is 0 Å². The average molecular weight is 296 g/mol. The molecule has 0 atom stereocenters. The third-order valence-corrected chi connectivity index (χ3v) is 4.21. The number of carbonyl (C=O) groups is 1. The SMILES string of the molecule is COc1cccc(NC(=O)NC2(c3ccccc3)CCC2)c1. The third kappa shape index (κ3) is 2.91. The largest absolute Gasteiger partial charge is 0.497 e. The van der Waals surface area contributed by atoms with Crippen molar-refractivity contribution in [2.75, 3.05) is 12.4 Å². The second kappa shape index (κ2) is 6.10. The maximum absolute atomic E-state index is 12.3. The van der Waals surface area contributed by atoms with Gasteiger partial charge in [0.15, 0.2) is 0 Å². The van der Waals surface area contributed by atoms with Gasteiger partial charge in [-0.3, -0.25) is 0 Å². The Morgan fingerprint density at radius 2 is 1.86 bits per heavy atom. The van der Waals surface area contributed by atoms with Crippen molar-refractivity contribution < 1.29 is 9.53 Å². The zero-order valence-electron chi connectivity index (χ0n) is 12.6. The van der Waals surface area contributed by atoms with Crippen LogP contribution >= 0.6 is 0 Å². The van der Waals surface area contributed by atoms with E-state index in [9.17, 15) is 4.79 Å². The van der Waals surface area contributed by atoms with E-state index in [1.54, 1.807) is 13.2 Å². The topological polar surface area (TPSA) is 50.4 Å². The minimum Gasteiger partial charge on any atom is -0.497 e. The molecule has 0 radical (unpaired) electrons. The van der Waals surface area contributed by atoms with Gasteiger partial charge in [0.25, 0.3) is 0 Å². The molecule has 0 saturated heterocycles. The fourth-order valence-corrected chi connectivity index (χ4v) is 2.85. The highest BCUT2D eigenvalue weighted by Crippen LogP contribution is 2.41. The summed E-state index contributed by atoms with van der Waals surface area (Å²) in [6, 6.07) is 17.3. The monoisotopic (exact) mass is 296 g/mol. The fourth-order valence-electron chi connectivity index (χ4n) is 2.85. The van der Waals surface area contributed by atoms with Crippen LogP contribution in [0.5, 0.6) is 5.75 Å². The van der Waals surface area contributed by atoms with Crippen LogP contribution in [0.2, 0.25) is 0 Å². The van der Waals surface area contributed by atoms with Gasteiger partial charge in [0, 0.05) is 11.8 Å². The Morgan fingerprint density at radius 1 is 1.09 bits per heavy atom. The lowest BCUT2D eigenvalue weighted by molar-refractivity contribution is 0.185. The zero-order valence-corrected chi connectivity index (χ0v) is 12.6. The standard InChI is InChI=1S/C18H20N2O2/c1-22-16-10-5-9-15(13-16)19-17(21)20-18(11-6-12-18)14-7-3-2-4-8-14/h2-5,7-10,13H,6,11-12H2,1H3,(H2,19,20,21). The van der Waals surface area contributed by atoms with Crippen molar-refractivity contribution in [3.8, 4) is 5.75 Å². The highest BCUT2D eigenvalue weighted by molar-refractivity contribution is 5.90. The molecule has 2 aromatic carbocycles. The number of hydrogen-bond donors (Lipinski definition) is 2. The minimum atomic E-state index is -0.232. The van der Waals surface area contributed by atoms with Crippen molar-refractivity contribution in [1.29, 1.82) is 0 Å². The van der Waals surface area contributed by atoms with E-state index in [2.05, 4.69) is 22.8 Å². The molecule has 0 aliphatic heterocycles. The summed E-state index contributed by atoms with van der Waals surface area (Å²) in [5, 5.41) is 6.02. The minimum absolute atomic E-state index is 0.184. The van der Waals surface area contributed by atoms with Crippen molar-refractivity contribution in [2.45, 2.75) is 24.8 Å². The predicted molar refractivity (Wildman–Crippen MR) is 87.1 cm³/mol. The molecule has 3 rings (SSSR count). The van der Waals surface area contributed by atoms with E-state index in [0.29, 0.717) is 0 Å². The molecule has 2 amide bonds. The van der Waals surface area contributed by atoms with Crippen LogP contribution in [-0.4, -0.2) is 13.1 Å². The first kappa shape index (κ1) is 14.4. The lowest BCUT2D eigenvalue weighted by Crippen LogP contribution is -2.52. The van der Waals surface area contributed by atoms with Crippen molar-refractivity contribution in [3.63, 3.8) is 0 Å². The zero-order chi connectivity index (χ0) is 15.4. The second-order valence-electron chi connectivity index (χ2n) is 5.61. The van der Waals surface area contributed by atoms with Crippen LogP contribution in [0.1, 0.15) is 24.8 Å². The number of urea groups is 1. The van der Waals surface area contributed by atoms with E-state index in [1.807, 2.05) is 36.4 Å². The molecule has 0 heterocycles. The molecule has 4 nitrogen and oxygen atoms in total. The van der Waals surface area contributed by atoms with E-state index >= 15 is 0 Å². The Kier molecular flexibility index (Phi) is 4.00. The van der Waals surface area contributed by atoms with Crippen LogP contribution in [-0.2, 0) is 5.54 Å². The summed E-state index contributed by atoms with van der Waals surface area (Å²) < 4.78 is 5.17. The number of ether oxygens (including phenoxy) is 1. The number of amides is 2. The van der Waals surface area contributed by atoms with Gasteiger partial charge in [0.05, 0.1) is 12.6 Å². The average Bonchev–Trinajstić information content (AvgIpc) is 2.52. The van der Waals surface area contributed by atoms with Crippen molar-refractivity contribution in [1.82, 2.24) is 5.32 Å². The van der Waals surface area contributed by atoms with Crippen LogP contribution in [0.4, 0.5) is 10.5 Å². The van der Waals surface area contributed by atoms with Gasteiger partial charge in [0.2, 0.25) is 0 Å². The first-order valence-electron chi connectivity index (χ1n) is 7.51. The molecule has 0 bridgehead atoms. The van der Waals surface area contributed by atoms with Crippen LogP contribution < -0.4 is 15.4 Å². The van der Waals surface area contributed by atoms with E-state index in [-0.39, 0.29) is 11.6 Å². The molecule has 1 aliphatic carbocycles. The molecule has 1 fully saturated rings. The molecular formula is C18H20N2O2. The summed E-state index contributed by atoms with van der Waals surface area (Å²) in [4.78, 5) is 12.3. The molecule has 1 saturated carbocycles. The Morgan fingerprint density at radius 3 is 2.50 bits per heavy atom. The number of hydrogen-bond acceptors (Lipinski definition) is 2. The maximum Gasteiger partial charge on any atom is 0.319 e. The van der Waals surface area contributed by atoms with Gasteiger partial charge in [-0.2, -0.15) is 0 Å². The molecular weight excluding hydrogens is 276 g/mol. The highest BCUT2D eigenvalue weighted by Gasteiger charge is 2.39. The predicted octanol–water partition coefficient (Wildman–Crippen LogP) is 3.90. The van der Waals surface area contributed by atoms with Gasteiger partial charge < -0.3 is 15.4 Å². The number of methoxy groups -OCH3 is 1. The molecule has 2 aromatic rings. The van der Waals surface area contributed by atoms with Gasteiger partial charge in [-0.1, -0.05) is 36.4 Å². The molecule has 114 valence electrons. The summed E-state index contributed by atoms with van der Waals surface area (Å²) in [5.41, 5.74) is 1.66. The molecule has 0 spiro atoms. The van der Waals surface area contributed by atoms with E-state index in [1.165, 1.54) is 5.56 Å². The second-order valence-corrected chi connectivity index (χ2v) is 5.61. The normalized spacial score (nSPS) is 15.5. The molecule has 4 heteroatoms. The number of rotatable bonds is 4. The fraction of sp³-hybridized carbons (Fsp3) is 0.278. The van der Waals surface area contributed by atoms with E-state index < -0.39 is 0 Å². The quantitative estimate of drug-likeness (QED) is 0.899. The molecule has 2 N–H and O–H groups in total. The van der Waals surface area contributed by atoms with Crippen LogP contribution in [0, 0.1) is 0 Å². The van der Waals surface area contributed by atoms with E-state index in [4.69, 9.17) is 4.74 Å². The first-order valence-corrected chi connectivity index (χ1v) is 7.51. The molecule has 1 aliphatic rings. The first-order chi connectivity index (χ1) is 10.7. The smallest absolute Gasteiger partial charge is 0.319 e. The number of nitrogens with one attached hydrogen (secondary N) is 2. The van der Waals surface area contributed by atoms with E-state index in [0.717, 1.165) is 30.7 Å². The van der Waals surface area contributed by atoms with Gasteiger partial charge in [-0.05, 0) is 37.0 Å². The Bertz CT molecular complexity index is 651. The lowest BCUT2D eigenvalue weighted by atomic mass is 9.72. The maximum atomic E-state index is 12.3. The molecule has 22 heavy (non-hydrogen) atoms. The number of anilines is 1. The summed E-state index contributed by atoms with van der Waals surface area (Å²) in [7, 11) is 1.61. The van der Waals surface area contributed by atoms with Gasteiger partial charge in [-0.25, -0.2) is 4.79 Å². The molecule has 0 aromatic heterocycles. The van der Waals surface area contributed by atoms with Crippen molar-refractivity contribution >= 4 is 11.7 Å².